The second kappa shape index (κ2) is 13.1. The molecule has 0 aliphatic carbocycles. The fourth-order valence-electron chi connectivity index (χ4n) is 6.31. The van der Waals surface area contributed by atoms with Crippen LogP contribution in [0, 0.1) is 5.92 Å². The van der Waals surface area contributed by atoms with Crippen molar-refractivity contribution >= 4 is 39.5 Å². The fourth-order valence-corrected chi connectivity index (χ4v) is 7.51. The number of aromatic amines is 1. The summed E-state index contributed by atoms with van der Waals surface area (Å²) < 4.78 is 39.1. The molecule has 1 saturated heterocycles. The first-order valence-corrected chi connectivity index (χ1v) is 18.3. The van der Waals surface area contributed by atoms with Gasteiger partial charge in [0.25, 0.3) is 0 Å². The lowest BCUT2D eigenvalue weighted by Crippen LogP contribution is -2.42. The van der Waals surface area contributed by atoms with Crippen molar-refractivity contribution in [1.29, 1.82) is 0 Å². The normalized spacial score (nSPS) is 21.8. The van der Waals surface area contributed by atoms with E-state index in [-0.39, 0.29) is 28.8 Å². The molecule has 1 atom stereocenters. The van der Waals surface area contributed by atoms with Crippen molar-refractivity contribution < 1.29 is 22.7 Å². The van der Waals surface area contributed by atoms with Crippen molar-refractivity contribution in [3.05, 3.63) is 99.4 Å². The number of hydrogen-bond donors (Lipinski definition) is 2. The number of aromatic nitrogens is 3. The standard InChI is InChI=1S/C36H39N7O5S/c1-4-49(45,46)34-30-10-9-27(41-30)18-25-6-5-24(39-25)17-26-7-8-28(40-26)20-36(14-11-31(34)42-36)32-19-33(38-22-37-32)48-29-12-15-43(16-13-29)35(44)47-21-23(2)3/h5-11,17-20,22-23,29,39,42H,4,12-16,21H2,1-3H3. The van der Waals surface area contributed by atoms with Crippen LogP contribution in [0.3, 0.4) is 0 Å². The summed E-state index contributed by atoms with van der Waals surface area (Å²) in [5, 5.41) is 5.26. The molecular formula is C36H39N7O5S. The van der Waals surface area contributed by atoms with Gasteiger partial charge in [-0.25, -0.2) is 33.2 Å². The zero-order valence-electron chi connectivity index (χ0n) is 27.7. The Bertz CT molecular complexity index is 2130. The largest absolute Gasteiger partial charge is 0.474 e. The highest BCUT2D eigenvalue weighted by molar-refractivity contribution is 7.95. The van der Waals surface area contributed by atoms with Crippen molar-refractivity contribution in [2.75, 3.05) is 25.4 Å². The zero-order valence-corrected chi connectivity index (χ0v) is 28.5. The van der Waals surface area contributed by atoms with E-state index in [1.807, 2.05) is 68.5 Å². The minimum atomic E-state index is -3.71. The summed E-state index contributed by atoms with van der Waals surface area (Å²) in [6, 6.07) is 5.70. The molecule has 7 rings (SSSR count). The number of nitrogens with zero attached hydrogens (tertiary/aromatic N) is 5. The van der Waals surface area contributed by atoms with Gasteiger partial charge in [-0.05, 0) is 60.6 Å². The number of fused-ring (bicyclic) bond motifs is 6. The molecule has 0 saturated carbocycles. The van der Waals surface area contributed by atoms with E-state index < -0.39 is 15.4 Å². The lowest BCUT2D eigenvalue weighted by molar-refractivity contribution is 0.0605. The van der Waals surface area contributed by atoms with Crippen LogP contribution in [0.25, 0.3) is 12.2 Å². The van der Waals surface area contributed by atoms with Crippen LogP contribution < -0.4 is 20.8 Å². The number of amides is 1. The summed E-state index contributed by atoms with van der Waals surface area (Å²) in [6.45, 7) is 7.09. The van der Waals surface area contributed by atoms with E-state index in [1.165, 1.54) is 6.33 Å². The molecule has 1 fully saturated rings. The lowest BCUT2D eigenvalue weighted by atomic mass is 9.91. The molecule has 8 bridgehead atoms. The number of likely N-dealkylation sites (tertiary alicyclic amines) is 1. The number of nitrogens with one attached hydrogen (secondary N) is 2. The van der Waals surface area contributed by atoms with Crippen molar-refractivity contribution in [1.82, 2.24) is 25.2 Å². The van der Waals surface area contributed by atoms with Gasteiger partial charge in [0.05, 0.1) is 46.6 Å². The number of ether oxygens (including phenoxy) is 2. The molecule has 5 aliphatic heterocycles. The van der Waals surface area contributed by atoms with E-state index in [2.05, 4.69) is 20.3 Å². The van der Waals surface area contributed by atoms with Gasteiger partial charge in [-0.1, -0.05) is 26.8 Å². The molecule has 0 radical (unpaired) electrons. The topological polar surface area (TPSA) is 151 Å². The maximum Gasteiger partial charge on any atom is 0.409 e. The summed E-state index contributed by atoms with van der Waals surface area (Å²) >= 11 is 0. The molecular weight excluding hydrogens is 643 g/mol. The maximum atomic E-state index is 13.7. The Morgan fingerprint density at radius 2 is 1.78 bits per heavy atom. The van der Waals surface area contributed by atoms with Crippen LogP contribution in [0.4, 0.5) is 4.79 Å². The number of carbonyl (C=O) groups excluding carboxylic acids is 1. The summed E-state index contributed by atoms with van der Waals surface area (Å²) in [7, 11) is -3.71. The molecule has 0 aromatic carbocycles. The highest BCUT2D eigenvalue weighted by Gasteiger charge is 2.40. The quantitative estimate of drug-likeness (QED) is 0.452. The van der Waals surface area contributed by atoms with Gasteiger partial charge in [0.2, 0.25) is 5.88 Å². The highest BCUT2D eigenvalue weighted by Crippen LogP contribution is 2.39. The van der Waals surface area contributed by atoms with Crippen LogP contribution in [-0.4, -0.2) is 77.3 Å². The van der Waals surface area contributed by atoms with Crippen molar-refractivity contribution in [3.8, 4) is 5.88 Å². The third-order valence-electron chi connectivity index (χ3n) is 8.86. The molecule has 254 valence electrons. The molecule has 49 heavy (non-hydrogen) atoms. The van der Waals surface area contributed by atoms with Crippen molar-refractivity contribution in [2.45, 2.75) is 51.7 Å². The van der Waals surface area contributed by atoms with Gasteiger partial charge in [0.1, 0.15) is 22.9 Å². The molecule has 1 unspecified atom stereocenters. The van der Waals surface area contributed by atoms with E-state index >= 15 is 0 Å². The molecule has 1 amide bonds. The molecule has 2 N–H and O–H groups in total. The van der Waals surface area contributed by atoms with Gasteiger partial charge in [-0.2, -0.15) is 0 Å². The van der Waals surface area contributed by atoms with Gasteiger partial charge >= 0.3 is 6.09 Å². The average Bonchev–Trinajstić information content (AvgIpc) is 3.91. The number of sulfone groups is 1. The van der Waals surface area contributed by atoms with Gasteiger partial charge in [0.15, 0.2) is 9.84 Å². The Morgan fingerprint density at radius 1 is 1.04 bits per heavy atom. The SMILES string of the molecule is CCS(=O)(=O)C1=C2C=CC(=N2)C=c2ccc([nH]2)=CC2=NC(=CC3(c4cc(OC5CCN(C(=O)OCC(C)C)CC5)ncn4)CC=C1N3)C=C2. The molecule has 13 heteroatoms. The van der Waals surface area contributed by atoms with Gasteiger partial charge < -0.3 is 24.7 Å². The summed E-state index contributed by atoms with van der Waals surface area (Å²) in [4.78, 5) is 36.3. The smallest absolute Gasteiger partial charge is 0.409 e. The first-order valence-electron chi connectivity index (χ1n) is 16.6. The van der Waals surface area contributed by atoms with Gasteiger partial charge in [-0.15, -0.1) is 0 Å². The molecule has 12 nitrogen and oxygen atoms in total. The van der Waals surface area contributed by atoms with Gasteiger partial charge in [0, 0.05) is 49.1 Å². The van der Waals surface area contributed by atoms with Crippen LogP contribution in [0.15, 0.2) is 93.0 Å². The van der Waals surface area contributed by atoms with Crippen LogP contribution >= 0.6 is 0 Å². The number of carbonyl (C=O) groups is 1. The predicted molar refractivity (Wildman–Crippen MR) is 188 cm³/mol. The summed E-state index contributed by atoms with van der Waals surface area (Å²) in [5.74, 6) is 0.578. The Labute approximate surface area is 285 Å². The summed E-state index contributed by atoms with van der Waals surface area (Å²) in [6.07, 6.45) is 17.8. The Kier molecular flexibility index (Phi) is 8.70. The first kappa shape index (κ1) is 32.5. The van der Waals surface area contributed by atoms with E-state index in [1.54, 1.807) is 24.0 Å². The van der Waals surface area contributed by atoms with E-state index in [0.717, 1.165) is 16.4 Å². The summed E-state index contributed by atoms with van der Waals surface area (Å²) in [5.41, 5.74) is 2.56. The third-order valence-corrected chi connectivity index (χ3v) is 10.7. The number of hydrogen-bond acceptors (Lipinski definition) is 10. The van der Waals surface area contributed by atoms with Crippen LogP contribution in [-0.2, 0) is 20.1 Å². The number of piperidine rings is 1. The number of allylic oxidation sites excluding steroid dienone is 4. The first-order chi connectivity index (χ1) is 23.6. The van der Waals surface area contributed by atoms with Crippen LogP contribution in [0.2, 0.25) is 0 Å². The third kappa shape index (κ3) is 6.93. The molecule has 2 aromatic rings. The predicted octanol–water partition coefficient (Wildman–Crippen LogP) is 3.34. The maximum absolute atomic E-state index is 13.7. The molecule has 7 heterocycles. The van der Waals surface area contributed by atoms with E-state index in [9.17, 15) is 13.2 Å². The highest BCUT2D eigenvalue weighted by atomic mass is 32.2. The zero-order chi connectivity index (χ0) is 34.2. The lowest BCUT2D eigenvalue weighted by Gasteiger charge is -2.32. The average molecular weight is 682 g/mol. The van der Waals surface area contributed by atoms with Crippen molar-refractivity contribution in [2.24, 2.45) is 15.9 Å². The fraction of sp³-hybridized carbons (Fsp3) is 0.361. The minimum Gasteiger partial charge on any atom is -0.474 e. The second-order valence-corrected chi connectivity index (χ2v) is 15.2. The van der Waals surface area contributed by atoms with E-state index in [0.29, 0.717) is 73.3 Å². The number of rotatable bonds is 7. The molecule has 0 spiro atoms. The van der Waals surface area contributed by atoms with Crippen molar-refractivity contribution in [3.63, 3.8) is 0 Å². The second-order valence-electron chi connectivity index (χ2n) is 13.0. The Hall–Kier alpha value is -5.04. The van der Waals surface area contributed by atoms with E-state index in [4.69, 9.17) is 19.5 Å². The Balaban J connectivity index is 1.22. The number of aliphatic imine (C=N–C) groups is 2. The molecule has 5 aliphatic rings. The molecule has 2 aromatic heterocycles. The minimum absolute atomic E-state index is 0.0900. The van der Waals surface area contributed by atoms with Gasteiger partial charge in [-0.3, -0.25) is 0 Å². The van der Waals surface area contributed by atoms with Crippen LogP contribution in [0.5, 0.6) is 5.88 Å². The Morgan fingerprint density at radius 3 is 2.51 bits per heavy atom. The number of H-pyrrole nitrogens is 1. The monoisotopic (exact) mass is 681 g/mol. The van der Waals surface area contributed by atoms with Crippen LogP contribution in [0.1, 0.15) is 45.7 Å².